The summed E-state index contributed by atoms with van der Waals surface area (Å²) in [6, 6.07) is 0. The Morgan fingerprint density at radius 2 is 1.81 bits per heavy atom. The standard InChI is InChI=1S/C12H19NO8/c1-12(2,3)20-9(14)6-17-7-4-18-11-8(21-13(15)16)5-19-10(7)11/h7-8,10-11H,4-6H2,1-3H3/t7-,8+,10+,11+/m0/s1. The van der Waals surface area contributed by atoms with Crippen LogP contribution in [0.2, 0.25) is 0 Å². The number of esters is 1. The topological polar surface area (TPSA) is 106 Å². The molecule has 0 aromatic rings. The molecule has 0 N–H and O–H groups in total. The van der Waals surface area contributed by atoms with Gasteiger partial charge >= 0.3 is 5.97 Å². The van der Waals surface area contributed by atoms with Gasteiger partial charge in [0, 0.05) is 0 Å². The molecule has 0 aliphatic carbocycles. The second-order valence-corrected chi connectivity index (χ2v) is 5.90. The molecule has 2 aliphatic rings. The molecule has 0 bridgehead atoms. The van der Waals surface area contributed by atoms with Crippen LogP contribution in [0.4, 0.5) is 0 Å². The molecule has 0 amide bonds. The number of nitrogens with zero attached hydrogens (tertiary/aromatic N) is 1. The van der Waals surface area contributed by atoms with Crippen LogP contribution < -0.4 is 0 Å². The summed E-state index contributed by atoms with van der Waals surface area (Å²) in [7, 11) is 0. The maximum Gasteiger partial charge on any atom is 0.332 e. The Hall–Kier alpha value is -1.45. The molecule has 0 unspecified atom stereocenters. The van der Waals surface area contributed by atoms with Gasteiger partial charge in [-0.2, -0.15) is 0 Å². The highest BCUT2D eigenvalue weighted by Gasteiger charge is 2.50. The summed E-state index contributed by atoms with van der Waals surface area (Å²) < 4.78 is 21.4. The van der Waals surface area contributed by atoms with Gasteiger partial charge in [-0.3, -0.25) is 0 Å². The van der Waals surface area contributed by atoms with E-state index >= 15 is 0 Å². The fraction of sp³-hybridized carbons (Fsp3) is 0.917. The number of carbonyl (C=O) groups excluding carboxylic acids is 1. The summed E-state index contributed by atoms with van der Waals surface area (Å²) in [5, 5.41) is 9.49. The van der Waals surface area contributed by atoms with Crippen molar-refractivity contribution in [3.05, 3.63) is 10.1 Å². The van der Waals surface area contributed by atoms with Gasteiger partial charge in [0.05, 0.1) is 13.2 Å². The zero-order valence-corrected chi connectivity index (χ0v) is 12.1. The normalized spacial score (nSPS) is 31.8. The first-order chi connectivity index (χ1) is 9.76. The van der Waals surface area contributed by atoms with Crippen LogP contribution in [-0.4, -0.2) is 60.9 Å². The van der Waals surface area contributed by atoms with E-state index < -0.39 is 41.1 Å². The van der Waals surface area contributed by atoms with Gasteiger partial charge in [-0.15, -0.1) is 10.1 Å². The third-order valence-corrected chi connectivity index (χ3v) is 3.02. The van der Waals surface area contributed by atoms with E-state index in [1.54, 1.807) is 20.8 Å². The Balaban J connectivity index is 1.79. The zero-order chi connectivity index (χ0) is 15.6. The molecule has 21 heavy (non-hydrogen) atoms. The molecule has 9 nitrogen and oxygen atoms in total. The number of hydrogen-bond donors (Lipinski definition) is 0. The first kappa shape index (κ1) is 15.9. The number of rotatable bonds is 5. The highest BCUT2D eigenvalue weighted by Crippen LogP contribution is 2.30. The summed E-state index contributed by atoms with van der Waals surface area (Å²) in [5.74, 6) is -0.484. The van der Waals surface area contributed by atoms with E-state index in [2.05, 4.69) is 4.84 Å². The van der Waals surface area contributed by atoms with Crippen LogP contribution in [0.3, 0.4) is 0 Å². The highest BCUT2D eigenvalue weighted by molar-refractivity contribution is 5.71. The molecule has 2 fully saturated rings. The number of hydrogen-bond acceptors (Lipinski definition) is 8. The minimum Gasteiger partial charge on any atom is -0.458 e. The van der Waals surface area contributed by atoms with Gasteiger partial charge in [0.2, 0.25) is 0 Å². The second-order valence-electron chi connectivity index (χ2n) is 5.90. The lowest BCUT2D eigenvalue weighted by Gasteiger charge is -2.21. The van der Waals surface area contributed by atoms with Crippen molar-refractivity contribution in [2.24, 2.45) is 0 Å². The Labute approximate surface area is 121 Å². The van der Waals surface area contributed by atoms with Gasteiger partial charge in [-0.1, -0.05) is 0 Å². The predicted octanol–water partition coefficient (Wildman–Crippen LogP) is 0.0878. The van der Waals surface area contributed by atoms with Gasteiger partial charge in [0.1, 0.15) is 30.5 Å². The molecule has 120 valence electrons. The molecule has 2 rings (SSSR count). The lowest BCUT2D eigenvalue weighted by Crippen LogP contribution is -2.36. The van der Waals surface area contributed by atoms with Crippen LogP contribution >= 0.6 is 0 Å². The van der Waals surface area contributed by atoms with Crippen LogP contribution in [-0.2, 0) is 28.6 Å². The zero-order valence-electron chi connectivity index (χ0n) is 12.1. The van der Waals surface area contributed by atoms with Crippen molar-refractivity contribution < 1.29 is 33.7 Å². The molecule has 0 aromatic carbocycles. The summed E-state index contributed by atoms with van der Waals surface area (Å²) in [5.41, 5.74) is -0.580. The molecule has 0 aromatic heterocycles. The van der Waals surface area contributed by atoms with E-state index in [1.165, 1.54) is 0 Å². The Morgan fingerprint density at radius 3 is 2.38 bits per heavy atom. The molecule has 9 heteroatoms. The lowest BCUT2D eigenvalue weighted by atomic mass is 10.1. The van der Waals surface area contributed by atoms with E-state index in [9.17, 15) is 14.9 Å². The van der Waals surface area contributed by atoms with Gasteiger partial charge in [-0.05, 0) is 20.8 Å². The first-order valence-electron chi connectivity index (χ1n) is 6.64. The van der Waals surface area contributed by atoms with Crippen molar-refractivity contribution >= 4 is 5.97 Å². The quantitative estimate of drug-likeness (QED) is 0.399. The Morgan fingerprint density at radius 1 is 1.24 bits per heavy atom. The molecular formula is C12H19NO8. The van der Waals surface area contributed by atoms with Crippen LogP contribution in [0, 0.1) is 10.1 Å². The van der Waals surface area contributed by atoms with Crippen molar-refractivity contribution in [2.75, 3.05) is 19.8 Å². The number of ether oxygens (including phenoxy) is 4. The predicted molar refractivity (Wildman–Crippen MR) is 66.9 cm³/mol. The van der Waals surface area contributed by atoms with Crippen LogP contribution in [0.25, 0.3) is 0 Å². The Bertz CT molecular complexity index is 407. The van der Waals surface area contributed by atoms with Crippen LogP contribution in [0.15, 0.2) is 0 Å². The molecule has 2 aliphatic heterocycles. The third-order valence-electron chi connectivity index (χ3n) is 3.02. The van der Waals surface area contributed by atoms with E-state index in [-0.39, 0.29) is 19.8 Å². The molecule has 0 radical (unpaired) electrons. The largest absolute Gasteiger partial charge is 0.458 e. The maximum atomic E-state index is 11.6. The van der Waals surface area contributed by atoms with Crippen molar-refractivity contribution in [2.45, 2.75) is 50.8 Å². The molecule has 2 saturated heterocycles. The van der Waals surface area contributed by atoms with Gasteiger partial charge in [0.25, 0.3) is 5.09 Å². The van der Waals surface area contributed by atoms with Crippen molar-refractivity contribution in [3.63, 3.8) is 0 Å². The fourth-order valence-corrected chi connectivity index (χ4v) is 2.32. The van der Waals surface area contributed by atoms with Crippen molar-refractivity contribution in [3.8, 4) is 0 Å². The second kappa shape index (κ2) is 6.12. The number of fused-ring (bicyclic) bond motifs is 1. The molecule has 2 heterocycles. The Kier molecular flexibility index (Phi) is 4.64. The fourth-order valence-electron chi connectivity index (χ4n) is 2.32. The van der Waals surface area contributed by atoms with E-state index in [4.69, 9.17) is 18.9 Å². The van der Waals surface area contributed by atoms with Gasteiger partial charge in [-0.25, -0.2) is 4.79 Å². The van der Waals surface area contributed by atoms with Gasteiger partial charge < -0.3 is 23.8 Å². The summed E-state index contributed by atoms with van der Waals surface area (Å²) >= 11 is 0. The molecule has 0 spiro atoms. The SMILES string of the molecule is CC(C)(C)OC(=O)CO[C@H]1CO[C@H]2[C@@H]1OC[C@H]2O[N+](=O)[O-]. The average Bonchev–Trinajstić information content (AvgIpc) is 2.87. The minimum atomic E-state index is -0.866. The first-order valence-corrected chi connectivity index (χ1v) is 6.64. The molecule has 0 saturated carbocycles. The van der Waals surface area contributed by atoms with Crippen molar-refractivity contribution in [1.29, 1.82) is 0 Å². The maximum absolute atomic E-state index is 11.6. The lowest BCUT2D eigenvalue weighted by molar-refractivity contribution is -0.769. The van der Waals surface area contributed by atoms with Crippen LogP contribution in [0.1, 0.15) is 20.8 Å². The molecule has 4 atom stereocenters. The highest BCUT2D eigenvalue weighted by atomic mass is 17.0. The average molecular weight is 305 g/mol. The third kappa shape index (κ3) is 4.26. The monoisotopic (exact) mass is 305 g/mol. The summed E-state index contributed by atoms with van der Waals surface area (Å²) in [6.07, 6.45) is -2.26. The van der Waals surface area contributed by atoms with E-state index in [0.717, 1.165) is 0 Å². The smallest absolute Gasteiger partial charge is 0.332 e. The number of carbonyl (C=O) groups is 1. The molecular weight excluding hydrogens is 286 g/mol. The summed E-state index contributed by atoms with van der Waals surface area (Å²) in [4.78, 5) is 26.4. The van der Waals surface area contributed by atoms with Crippen molar-refractivity contribution in [1.82, 2.24) is 0 Å². The van der Waals surface area contributed by atoms with Crippen LogP contribution in [0.5, 0.6) is 0 Å². The summed E-state index contributed by atoms with van der Waals surface area (Å²) in [6.45, 7) is 5.31. The van der Waals surface area contributed by atoms with E-state index in [1.807, 2.05) is 0 Å². The minimum absolute atomic E-state index is 0.0581. The van der Waals surface area contributed by atoms with Gasteiger partial charge in [0.15, 0.2) is 6.10 Å². The van der Waals surface area contributed by atoms with E-state index in [0.29, 0.717) is 0 Å².